The highest BCUT2D eigenvalue weighted by Crippen LogP contribution is 1.94. The van der Waals surface area contributed by atoms with E-state index in [-0.39, 0.29) is 5.69 Å². The highest BCUT2D eigenvalue weighted by molar-refractivity contribution is 5.92. The van der Waals surface area contributed by atoms with Gasteiger partial charge >= 0.3 is 5.97 Å². The van der Waals surface area contributed by atoms with Crippen molar-refractivity contribution in [1.29, 1.82) is 0 Å². The standard InChI is InChI=1S/C9H9N3O3/c1-2-8(13)10-3-4-12-5-7(9(14)15)11-6-12/h1,5-6H,3-4H2,(H,10,13)(H,14,15). The van der Waals surface area contributed by atoms with Crippen LogP contribution in [0, 0.1) is 12.3 Å². The van der Waals surface area contributed by atoms with Gasteiger partial charge in [-0.15, -0.1) is 6.42 Å². The molecule has 0 spiro atoms. The number of aromatic nitrogens is 2. The minimum atomic E-state index is -1.08. The van der Waals surface area contributed by atoms with Crippen molar-refractivity contribution >= 4 is 11.9 Å². The van der Waals surface area contributed by atoms with E-state index in [4.69, 9.17) is 11.5 Å². The summed E-state index contributed by atoms with van der Waals surface area (Å²) in [6.07, 6.45) is 7.60. The summed E-state index contributed by atoms with van der Waals surface area (Å²) in [6.45, 7) is 0.756. The molecule has 2 N–H and O–H groups in total. The summed E-state index contributed by atoms with van der Waals surface area (Å²) in [5.74, 6) is 0.332. The van der Waals surface area contributed by atoms with Crippen LogP contribution in [0.5, 0.6) is 0 Å². The smallest absolute Gasteiger partial charge is 0.356 e. The molecule has 0 saturated carbocycles. The zero-order chi connectivity index (χ0) is 11.3. The summed E-state index contributed by atoms with van der Waals surface area (Å²) in [7, 11) is 0. The number of hydrogen-bond donors (Lipinski definition) is 2. The van der Waals surface area contributed by atoms with E-state index in [0.29, 0.717) is 13.1 Å². The number of carboxylic acid groups (broad SMARTS) is 1. The molecule has 0 fully saturated rings. The van der Waals surface area contributed by atoms with Gasteiger partial charge in [0.25, 0.3) is 5.91 Å². The van der Waals surface area contributed by atoms with Gasteiger partial charge < -0.3 is 15.0 Å². The molecule has 15 heavy (non-hydrogen) atoms. The fraction of sp³-hybridized carbons (Fsp3) is 0.222. The van der Waals surface area contributed by atoms with Gasteiger partial charge in [0.15, 0.2) is 5.69 Å². The Kier molecular flexibility index (Phi) is 3.46. The van der Waals surface area contributed by atoms with E-state index in [0.717, 1.165) is 0 Å². The SMILES string of the molecule is C#CC(=O)NCCn1cnc(C(=O)O)c1. The number of aromatic carboxylic acids is 1. The van der Waals surface area contributed by atoms with Crippen molar-refractivity contribution in [2.45, 2.75) is 6.54 Å². The molecular weight excluding hydrogens is 198 g/mol. The monoisotopic (exact) mass is 207 g/mol. The molecule has 1 rings (SSSR count). The predicted molar refractivity (Wildman–Crippen MR) is 51.0 cm³/mol. The van der Waals surface area contributed by atoms with E-state index in [1.165, 1.54) is 12.5 Å². The van der Waals surface area contributed by atoms with Crippen LogP contribution in [0.3, 0.4) is 0 Å². The molecule has 6 heteroatoms. The third-order valence-electron chi connectivity index (χ3n) is 1.64. The number of amides is 1. The van der Waals surface area contributed by atoms with Gasteiger partial charge in [-0.05, 0) is 5.92 Å². The van der Waals surface area contributed by atoms with Crippen LogP contribution < -0.4 is 5.32 Å². The molecule has 1 amide bonds. The molecular formula is C9H9N3O3. The van der Waals surface area contributed by atoms with E-state index in [1.807, 2.05) is 5.92 Å². The second kappa shape index (κ2) is 4.81. The highest BCUT2D eigenvalue weighted by Gasteiger charge is 2.05. The van der Waals surface area contributed by atoms with Crippen LogP contribution in [0.1, 0.15) is 10.5 Å². The first-order valence-electron chi connectivity index (χ1n) is 4.13. The van der Waals surface area contributed by atoms with Crippen molar-refractivity contribution in [3.63, 3.8) is 0 Å². The van der Waals surface area contributed by atoms with E-state index in [9.17, 15) is 9.59 Å². The van der Waals surface area contributed by atoms with Crippen molar-refractivity contribution in [3.8, 4) is 12.3 Å². The van der Waals surface area contributed by atoms with Gasteiger partial charge in [-0.1, -0.05) is 0 Å². The van der Waals surface area contributed by atoms with Crippen LogP contribution in [-0.2, 0) is 11.3 Å². The highest BCUT2D eigenvalue weighted by atomic mass is 16.4. The number of carbonyl (C=O) groups is 2. The number of nitrogens with zero attached hydrogens (tertiary/aromatic N) is 2. The summed E-state index contributed by atoms with van der Waals surface area (Å²) >= 11 is 0. The Bertz CT molecular complexity index is 416. The van der Waals surface area contributed by atoms with Gasteiger partial charge in [0, 0.05) is 19.3 Å². The van der Waals surface area contributed by atoms with E-state index >= 15 is 0 Å². The summed E-state index contributed by atoms with van der Waals surface area (Å²) in [4.78, 5) is 24.8. The Labute approximate surface area is 85.9 Å². The number of rotatable bonds is 4. The second-order valence-corrected chi connectivity index (χ2v) is 2.70. The molecule has 0 atom stereocenters. The zero-order valence-electron chi connectivity index (χ0n) is 7.80. The van der Waals surface area contributed by atoms with Gasteiger partial charge in [-0.3, -0.25) is 4.79 Å². The lowest BCUT2D eigenvalue weighted by molar-refractivity contribution is -0.115. The van der Waals surface area contributed by atoms with Gasteiger partial charge in [0.05, 0.1) is 6.33 Å². The van der Waals surface area contributed by atoms with E-state index in [2.05, 4.69) is 10.3 Å². The second-order valence-electron chi connectivity index (χ2n) is 2.70. The lowest BCUT2D eigenvalue weighted by Crippen LogP contribution is -2.25. The average molecular weight is 207 g/mol. The molecule has 6 nitrogen and oxygen atoms in total. The Morgan fingerprint density at radius 1 is 1.67 bits per heavy atom. The number of hydrogen-bond acceptors (Lipinski definition) is 3. The maximum atomic E-state index is 10.6. The Hall–Kier alpha value is -2.29. The maximum absolute atomic E-state index is 10.6. The van der Waals surface area contributed by atoms with Gasteiger partial charge in [-0.25, -0.2) is 9.78 Å². The number of terminal acetylenes is 1. The minimum Gasteiger partial charge on any atom is -0.476 e. The molecule has 1 heterocycles. The molecule has 1 aromatic heterocycles. The normalized spacial score (nSPS) is 9.27. The van der Waals surface area contributed by atoms with Crippen LogP contribution in [0.4, 0.5) is 0 Å². The molecule has 0 aromatic carbocycles. The fourth-order valence-electron chi connectivity index (χ4n) is 0.942. The molecule has 78 valence electrons. The molecule has 0 unspecified atom stereocenters. The van der Waals surface area contributed by atoms with Crippen molar-refractivity contribution in [2.75, 3.05) is 6.54 Å². The third kappa shape index (κ3) is 3.15. The van der Waals surface area contributed by atoms with Crippen molar-refractivity contribution in [2.24, 2.45) is 0 Å². The predicted octanol–water partition coefficient (Wildman–Crippen LogP) is -0.669. The number of carboxylic acids is 1. The Morgan fingerprint density at radius 2 is 2.40 bits per heavy atom. The summed E-state index contributed by atoms with van der Waals surface area (Å²) in [5, 5.41) is 11.0. The van der Waals surface area contributed by atoms with Crippen LogP contribution in [-0.4, -0.2) is 33.1 Å². The van der Waals surface area contributed by atoms with E-state index < -0.39 is 11.9 Å². The number of carbonyl (C=O) groups excluding carboxylic acids is 1. The zero-order valence-corrected chi connectivity index (χ0v) is 7.80. The molecule has 1 aromatic rings. The number of imidazole rings is 1. The van der Waals surface area contributed by atoms with Gasteiger partial charge in [-0.2, -0.15) is 0 Å². The van der Waals surface area contributed by atoms with Crippen LogP contribution >= 0.6 is 0 Å². The summed E-state index contributed by atoms with van der Waals surface area (Å²) < 4.78 is 1.56. The molecule has 0 bridgehead atoms. The average Bonchev–Trinajstić information content (AvgIpc) is 2.66. The minimum absolute atomic E-state index is 0.0294. The first-order valence-corrected chi connectivity index (χ1v) is 4.13. The van der Waals surface area contributed by atoms with Crippen molar-refractivity contribution in [1.82, 2.24) is 14.9 Å². The third-order valence-corrected chi connectivity index (χ3v) is 1.64. The molecule has 0 radical (unpaired) electrons. The maximum Gasteiger partial charge on any atom is 0.356 e. The van der Waals surface area contributed by atoms with Crippen molar-refractivity contribution in [3.05, 3.63) is 18.2 Å². The largest absolute Gasteiger partial charge is 0.476 e. The van der Waals surface area contributed by atoms with E-state index in [1.54, 1.807) is 4.57 Å². The molecule has 0 saturated heterocycles. The number of nitrogens with one attached hydrogen (secondary N) is 1. The molecule has 0 aliphatic carbocycles. The van der Waals surface area contributed by atoms with Gasteiger partial charge in [0.1, 0.15) is 0 Å². The van der Waals surface area contributed by atoms with Crippen LogP contribution in [0.25, 0.3) is 0 Å². The lowest BCUT2D eigenvalue weighted by Gasteiger charge is -2.01. The first-order chi connectivity index (χ1) is 7.13. The molecule has 0 aliphatic rings. The topological polar surface area (TPSA) is 84.2 Å². The fourth-order valence-corrected chi connectivity index (χ4v) is 0.942. The quantitative estimate of drug-likeness (QED) is 0.641. The summed E-state index contributed by atoms with van der Waals surface area (Å²) in [6, 6.07) is 0. The van der Waals surface area contributed by atoms with Crippen molar-refractivity contribution < 1.29 is 14.7 Å². The lowest BCUT2D eigenvalue weighted by atomic mass is 10.5. The Balaban J connectivity index is 2.42. The van der Waals surface area contributed by atoms with Crippen LogP contribution in [0.2, 0.25) is 0 Å². The Morgan fingerprint density at radius 3 is 2.93 bits per heavy atom. The summed E-state index contributed by atoms with van der Waals surface area (Å²) in [5.41, 5.74) is -0.0294. The first kappa shape index (κ1) is 10.8. The van der Waals surface area contributed by atoms with Gasteiger partial charge in [0.2, 0.25) is 0 Å². The molecule has 0 aliphatic heterocycles. The van der Waals surface area contributed by atoms with Crippen LogP contribution in [0.15, 0.2) is 12.5 Å².